The summed E-state index contributed by atoms with van der Waals surface area (Å²) in [4.78, 5) is 38.2. The minimum Gasteiger partial charge on any atom is -0.332 e. The number of amides is 1. The minimum atomic E-state index is -0.306. The van der Waals surface area contributed by atoms with Crippen molar-refractivity contribution in [3.63, 3.8) is 0 Å². The lowest BCUT2D eigenvalue weighted by Gasteiger charge is -2.32. The Labute approximate surface area is 206 Å². The standard InChI is InChI=1S/C29H32N4O2/c1-3-26(28-31-25-16-9-8-15-24(25)29(35)32(28)4-2)33(21-19-23-14-10-11-20-30-23)27(34)18-17-22-12-6-5-7-13-22/h5-16,20,26H,3-4,17-19,21H2,1-2H3. The number of fused-ring (bicyclic) bond motifs is 1. The first-order valence-electron chi connectivity index (χ1n) is 12.3. The zero-order valence-electron chi connectivity index (χ0n) is 20.4. The van der Waals surface area contributed by atoms with Crippen molar-refractivity contribution in [1.29, 1.82) is 0 Å². The van der Waals surface area contributed by atoms with Crippen molar-refractivity contribution in [2.75, 3.05) is 6.54 Å². The van der Waals surface area contributed by atoms with E-state index in [1.54, 1.807) is 10.8 Å². The molecule has 35 heavy (non-hydrogen) atoms. The van der Waals surface area contributed by atoms with Crippen molar-refractivity contribution in [3.8, 4) is 0 Å². The summed E-state index contributed by atoms with van der Waals surface area (Å²) in [5.74, 6) is 0.703. The molecule has 0 aliphatic carbocycles. The number of carbonyl (C=O) groups excluding carboxylic acids is 1. The van der Waals surface area contributed by atoms with Crippen molar-refractivity contribution in [1.82, 2.24) is 19.4 Å². The molecule has 0 spiro atoms. The van der Waals surface area contributed by atoms with E-state index in [9.17, 15) is 9.59 Å². The highest BCUT2D eigenvalue weighted by Crippen LogP contribution is 2.25. The first-order chi connectivity index (χ1) is 17.1. The second-order valence-electron chi connectivity index (χ2n) is 8.60. The van der Waals surface area contributed by atoms with Crippen LogP contribution in [-0.2, 0) is 24.2 Å². The van der Waals surface area contributed by atoms with Crippen LogP contribution in [0.1, 0.15) is 49.8 Å². The van der Waals surface area contributed by atoms with Gasteiger partial charge in [-0.15, -0.1) is 0 Å². The summed E-state index contributed by atoms with van der Waals surface area (Å²) in [6, 6.07) is 23.0. The molecule has 0 aliphatic heterocycles. The Bertz CT molecular complexity index is 1320. The quantitative estimate of drug-likeness (QED) is 0.330. The third-order valence-corrected chi connectivity index (χ3v) is 6.39. The van der Waals surface area contributed by atoms with Gasteiger partial charge in [0.2, 0.25) is 5.91 Å². The number of hydrogen-bond donors (Lipinski definition) is 0. The number of hydrogen-bond acceptors (Lipinski definition) is 4. The van der Waals surface area contributed by atoms with Gasteiger partial charge in [-0.25, -0.2) is 4.98 Å². The third kappa shape index (κ3) is 5.65. The SMILES string of the molecule is CCC(c1nc2ccccc2c(=O)n1CC)N(CCc1ccccn1)C(=O)CCc1ccccc1. The lowest BCUT2D eigenvalue weighted by molar-refractivity contribution is -0.134. The zero-order valence-corrected chi connectivity index (χ0v) is 20.4. The predicted octanol–water partition coefficient (Wildman–Crippen LogP) is 4.97. The smallest absolute Gasteiger partial charge is 0.261 e. The topological polar surface area (TPSA) is 68.1 Å². The zero-order chi connectivity index (χ0) is 24.6. The van der Waals surface area contributed by atoms with Crippen LogP contribution in [-0.4, -0.2) is 31.9 Å². The van der Waals surface area contributed by atoms with E-state index in [4.69, 9.17) is 4.98 Å². The molecule has 0 radical (unpaired) electrons. The van der Waals surface area contributed by atoms with Gasteiger partial charge < -0.3 is 4.90 Å². The summed E-state index contributed by atoms with van der Waals surface area (Å²) < 4.78 is 1.72. The van der Waals surface area contributed by atoms with Gasteiger partial charge in [-0.05, 0) is 49.6 Å². The van der Waals surface area contributed by atoms with Crippen LogP contribution in [0.5, 0.6) is 0 Å². The number of rotatable bonds is 10. The van der Waals surface area contributed by atoms with Crippen LogP contribution in [0.4, 0.5) is 0 Å². The lowest BCUT2D eigenvalue weighted by Crippen LogP contribution is -2.40. The van der Waals surface area contributed by atoms with E-state index in [0.717, 1.165) is 11.3 Å². The van der Waals surface area contributed by atoms with Gasteiger partial charge in [0.1, 0.15) is 5.82 Å². The van der Waals surface area contributed by atoms with E-state index >= 15 is 0 Å². The van der Waals surface area contributed by atoms with Crippen LogP contribution >= 0.6 is 0 Å². The highest BCUT2D eigenvalue weighted by Gasteiger charge is 2.28. The summed E-state index contributed by atoms with van der Waals surface area (Å²) in [5.41, 5.74) is 2.67. The fourth-order valence-electron chi connectivity index (χ4n) is 4.56. The van der Waals surface area contributed by atoms with Gasteiger partial charge in [-0.1, -0.05) is 55.5 Å². The molecule has 0 aliphatic rings. The molecule has 0 fully saturated rings. The van der Waals surface area contributed by atoms with Crippen LogP contribution < -0.4 is 5.56 Å². The van der Waals surface area contributed by atoms with E-state index in [1.165, 1.54) is 0 Å². The molecule has 4 aromatic rings. The van der Waals surface area contributed by atoms with Gasteiger partial charge in [0.05, 0.1) is 16.9 Å². The highest BCUT2D eigenvalue weighted by atomic mass is 16.2. The van der Waals surface area contributed by atoms with E-state index < -0.39 is 0 Å². The minimum absolute atomic E-state index is 0.0571. The van der Waals surface area contributed by atoms with E-state index in [2.05, 4.69) is 4.98 Å². The monoisotopic (exact) mass is 468 g/mol. The Hall–Kier alpha value is -3.80. The van der Waals surface area contributed by atoms with E-state index in [0.29, 0.717) is 55.5 Å². The number of aryl methyl sites for hydroxylation is 1. The summed E-state index contributed by atoms with van der Waals surface area (Å²) in [6.07, 6.45) is 4.13. The summed E-state index contributed by atoms with van der Waals surface area (Å²) in [7, 11) is 0. The summed E-state index contributed by atoms with van der Waals surface area (Å²) in [5, 5.41) is 0.600. The largest absolute Gasteiger partial charge is 0.332 e. The number of para-hydroxylation sites is 1. The molecule has 6 nitrogen and oxygen atoms in total. The Balaban J connectivity index is 1.69. The van der Waals surface area contributed by atoms with Crippen molar-refractivity contribution >= 4 is 16.8 Å². The normalized spacial score (nSPS) is 11.9. The molecule has 2 aromatic carbocycles. The molecule has 6 heteroatoms. The fourth-order valence-corrected chi connectivity index (χ4v) is 4.56. The van der Waals surface area contributed by atoms with E-state index in [1.807, 2.05) is 91.5 Å². The second kappa shape index (κ2) is 11.6. The Morgan fingerprint density at radius 3 is 2.40 bits per heavy atom. The van der Waals surface area contributed by atoms with Crippen LogP contribution in [0.2, 0.25) is 0 Å². The van der Waals surface area contributed by atoms with Crippen molar-refractivity contribution in [2.45, 2.75) is 52.1 Å². The van der Waals surface area contributed by atoms with Crippen LogP contribution in [0.3, 0.4) is 0 Å². The van der Waals surface area contributed by atoms with Gasteiger partial charge in [0, 0.05) is 37.8 Å². The van der Waals surface area contributed by atoms with Gasteiger partial charge >= 0.3 is 0 Å². The molecular formula is C29H32N4O2. The second-order valence-corrected chi connectivity index (χ2v) is 8.60. The van der Waals surface area contributed by atoms with E-state index in [-0.39, 0.29) is 17.5 Å². The Kier molecular flexibility index (Phi) is 8.03. The Morgan fingerprint density at radius 2 is 1.69 bits per heavy atom. The fraction of sp³-hybridized carbons (Fsp3) is 0.310. The number of carbonyl (C=O) groups is 1. The van der Waals surface area contributed by atoms with Gasteiger partial charge in [0.25, 0.3) is 5.56 Å². The first kappa shape index (κ1) is 24.3. The molecule has 2 aromatic heterocycles. The summed E-state index contributed by atoms with van der Waals surface area (Å²) >= 11 is 0. The molecule has 180 valence electrons. The van der Waals surface area contributed by atoms with Gasteiger partial charge in [-0.3, -0.25) is 19.1 Å². The molecule has 1 amide bonds. The van der Waals surface area contributed by atoms with Crippen LogP contribution in [0.25, 0.3) is 10.9 Å². The molecule has 1 unspecified atom stereocenters. The first-order valence-corrected chi connectivity index (χ1v) is 12.3. The molecule has 4 rings (SSSR count). The van der Waals surface area contributed by atoms with Gasteiger partial charge in [0.15, 0.2) is 0 Å². The van der Waals surface area contributed by atoms with Crippen molar-refractivity contribution in [2.24, 2.45) is 0 Å². The molecule has 0 saturated heterocycles. The Morgan fingerprint density at radius 1 is 0.943 bits per heavy atom. The third-order valence-electron chi connectivity index (χ3n) is 6.39. The average Bonchev–Trinajstić information content (AvgIpc) is 2.91. The number of nitrogens with zero attached hydrogens (tertiary/aromatic N) is 4. The number of benzene rings is 2. The van der Waals surface area contributed by atoms with Crippen molar-refractivity contribution in [3.05, 3.63) is 106 Å². The molecule has 0 bridgehead atoms. The molecule has 0 N–H and O–H groups in total. The molecule has 0 saturated carbocycles. The number of pyridine rings is 1. The van der Waals surface area contributed by atoms with Crippen molar-refractivity contribution < 1.29 is 4.79 Å². The number of aromatic nitrogens is 3. The highest BCUT2D eigenvalue weighted by molar-refractivity contribution is 5.78. The maximum Gasteiger partial charge on any atom is 0.261 e. The average molecular weight is 469 g/mol. The molecular weight excluding hydrogens is 436 g/mol. The molecule has 1 atom stereocenters. The summed E-state index contributed by atoms with van der Waals surface area (Å²) in [6.45, 7) is 5.00. The maximum absolute atomic E-state index is 13.6. The maximum atomic E-state index is 13.6. The molecule has 2 heterocycles. The van der Waals surface area contributed by atoms with Crippen LogP contribution in [0.15, 0.2) is 83.8 Å². The van der Waals surface area contributed by atoms with Gasteiger partial charge in [-0.2, -0.15) is 0 Å². The predicted molar refractivity (Wildman–Crippen MR) is 139 cm³/mol. The lowest BCUT2D eigenvalue weighted by atomic mass is 10.1. The van der Waals surface area contributed by atoms with Crippen LogP contribution in [0, 0.1) is 0 Å².